The lowest BCUT2D eigenvalue weighted by Gasteiger charge is -2.38. The molecule has 0 bridgehead atoms. The van der Waals surface area contributed by atoms with Gasteiger partial charge in [0.2, 0.25) is 0 Å². The second-order valence-electron chi connectivity index (χ2n) is 4.74. The van der Waals surface area contributed by atoms with Crippen molar-refractivity contribution >= 4 is 11.8 Å². The van der Waals surface area contributed by atoms with Gasteiger partial charge < -0.3 is 5.32 Å². The lowest BCUT2D eigenvalue weighted by molar-refractivity contribution is 0.353. The fraction of sp³-hybridized carbons (Fsp3) is 1.00. The molecule has 3 atom stereocenters. The molecule has 1 saturated carbocycles. The normalized spacial score (nSPS) is 39.6. The van der Waals surface area contributed by atoms with Gasteiger partial charge in [-0.2, -0.15) is 11.8 Å². The summed E-state index contributed by atoms with van der Waals surface area (Å²) >= 11 is 2.24. The lowest BCUT2D eigenvalue weighted by atomic mass is 9.95. The van der Waals surface area contributed by atoms with Crippen molar-refractivity contribution in [3.8, 4) is 0 Å². The van der Waals surface area contributed by atoms with Gasteiger partial charge in [-0.05, 0) is 19.3 Å². The molecule has 1 heterocycles. The number of thioether (sulfide) groups is 1. The summed E-state index contributed by atoms with van der Waals surface area (Å²) < 4.78 is 0. The van der Waals surface area contributed by atoms with E-state index in [1.165, 1.54) is 50.7 Å². The minimum atomic E-state index is 0.792. The SMILES string of the molecule is CCC1CSC2CCCCCCC2N1. The van der Waals surface area contributed by atoms with E-state index in [-0.39, 0.29) is 0 Å². The van der Waals surface area contributed by atoms with Gasteiger partial charge in [-0.15, -0.1) is 0 Å². The van der Waals surface area contributed by atoms with Gasteiger partial charge in [-0.25, -0.2) is 0 Å². The molecule has 14 heavy (non-hydrogen) atoms. The second kappa shape index (κ2) is 5.41. The van der Waals surface area contributed by atoms with Crippen LogP contribution < -0.4 is 5.32 Å². The maximum atomic E-state index is 3.85. The van der Waals surface area contributed by atoms with E-state index in [1.54, 1.807) is 0 Å². The smallest absolute Gasteiger partial charge is 0.0201 e. The van der Waals surface area contributed by atoms with Crippen LogP contribution >= 0.6 is 11.8 Å². The van der Waals surface area contributed by atoms with Gasteiger partial charge in [0, 0.05) is 23.1 Å². The van der Waals surface area contributed by atoms with Crippen LogP contribution in [0.2, 0.25) is 0 Å². The van der Waals surface area contributed by atoms with Gasteiger partial charge in [0.25, 0.3) is 0 Å². The van der Waals surface area contributed by atoms with E-state index in [9.17, 15) is 0 Å². The zero-order valence-corrected chi connectivity index (χ0v) is 10.1. The van der Waals surface area contributed by atoms with Crippen molar-refractivity contribution in [2.45, 2.75) is 69.2 Å². The fourth-order valence-corrected chi connectivity index (χ4v) is 4.26. The molecule has 0 radical (unpaired) electrons. The van der Waals surface area contributed by atoms with Crippen LogP contribution in [0.15, 0.2) is 0 Å². The fourth-order valence-electron chi connectivity index (χ4n) is 2.67. The van der Waals surface area contributed by atoms with E-state index in [2.05, 4.69) is 24.0 Å². The van der Waals surface area contributed by atoms with Gasteiger partial charge in [0.1, 0.15) is 0 Å². The Labute approximate surface area is 92.4 Å². The first-order valence-corrected chi connectivity index (χ1v) is 7.32. The molecule has 82 valence electrons. The lowest BCUT2D eigenvalue weighted by Crippen LogP contribution is -2.50. The highest BCUT2D eigenvalue weighted by Crippen LogP contribution is 2.31. The molecular formula is C12H23NS. The molecule has 2 fully saturated rings. The molecule has 1 N–H and O–H groups in total. The molecule has 0 aromatic heterocycles. The van der Waals surface area contributed by atoms with E-state index in [0.717, 1.165) is 17.3 Å². The molecular weight excluding hydrogens is 190 g/mol. The number of nitrogens with one attached hydrogen (secondary N) is 1. The number of hydrogen-bond acceptors (Lipinski definition) is 2. The monoisotopic (exact) mass is 213 g/mol. The molecule has 1 nitrogen and oxygen atoms in total. The van der Waals surface area contributed by atoms with E-state index in [1.807, 2.05) is 0 Å². The van der Waals surface area contributed by atoms with Gasteiger partial charge in [-0.3, -0.25) is 0 Å². The summed E-state index contributed by atoms with van der Waals surface area (Å²) in [5, 5.41) is 4.78. The van der Waals surface area contributed by atoms with Gasteiger partial charge >= 0.3 is 0 Å². The molecule has 3 unspecified atom stereocenters. The zero-order valence-electron chi connectivity index (χ0n) is 9.30. The number of hydrogen-bond donors (Lipinski definition) is 1. The Morgan fingerprint density at radius 3 is 2.71 bits per heavy atom. The van der Waals surface area contributed by atoms with Crippen LogP contribution in [-0.4, -0.2) is 23.1 Å². The molecule has 0 aromatic carbocycles. The van der Waals surface area contributed by atoms with Crippen LogP contribution in [0.1, 0.15) is 51.9 Å². The first-order chi connectivity index (χ1) is 6.90. The third kappa shape index (κ3) is 2.66. The largest absolute Gasteiger partial charge is 0.309 e. The topological polar surface area (TPSA) is 12.0 Å². The summed E-state index contributed by atoms with van der Waals surface area (Å²) in [7, 11) is 0. The van der Waals surface area contributed by atoms with Crippen LogP contribution in [-0.2, 0) is 0 Å². The number of fused-ring (bicyclic) bond motifs is 1. The second-order valence-corrected chi connectivity index (χ2v) is 6.01. The predicted molar refractivity (Wildman–Crippen MR) is 65.0 cm³/mol. The molecule has 2 aliphatic rings. The van der Waals surface area contributed by atoms with Crippen molar-refractivity contribution in [1.82, 2.24) is 5.32 Å². The standard InChI is InChI=1S/C12H23NS/c1-2-10-9-14-12-8-6-4-3-5-7-11(12)13-10/h10-13H,2-9H2,1H3. The highest BCUT2D eigenvalue weighted by molar-refractivity contribution is 8.00. The molecule has 2 rings (SSSR count). The average molecular weight is 213 g/mol. The minimum Gasteiger partial charge on any atom is -0.309 e. The Morgan fingerprint density at radius 1 is 1.14 bits per heavy atom. The summed E-state index contributed by atoms with van der Waals surface area (Å²) in [6, 6.07) is 1.62. The highest BCUT2D eigenvalue weighted by Gasteiger charge is 2.29. The molecule has 0 aromatic rings. The third-order valence-electron chi connectivity index (χ3n) is 3.66. The first-order valence-electron chi connectivity index (χ1n) is 6.28. The van der Waals surface area contributed by atoms with Crippen molar-refractivity contribution in [2.75, 3.05) is 5.75 Å². The Hall–Kier alpha value is 0.310. The Bertz CT molecular complexity index is 172. The molecule has 1 aliphatic heterocycles. The van der Waals surface area contributed by atoms with Gasteiger partial charge in [-0.1, -0.05) is 32.6 Å². The van der Waals surface area contributed by atoms with Crippen LogP contribution in [0, 0.1) is 0 Å². The Kier molecular flexibility index (Phi) is 4.18. The zero-order chi connectivity index (χ0) is 9.80. The minimum absolute atomic E-state index is 0.792. The Balaban J connectivity index is 1.89. The highest BCUT2D eigenvalue weighted by atomic mass is 32.2. The van der Waals surface area contributed by atoms with Crippen molar-refractivity contribution in [2.24, 2.45) is 0 Å². The van der Waals surface area contributed by atoms with Crippen molar-refractivity contribution < 1.29 is 0 Å². The van der Waals surface area contributed by atoms with E-state index >= 15 is 0 Å². The predicted octanol–water partition coefficient (Wildman–Crippen LogP) is 3.19. The van der Waals surface area contributed by atoms with Gasteiger partial charge in [0.15, 0.2) is 0 Å². The summed E-state index contributed by atoms with van der Waals surface area (Å²) in [5.74, 6) is 1.34. The quantitative estimate of drug-likeness (QED) is 0.718. The molecule has 2 heteroatoms. The maximum absolute atomic E-state index is 3.85. The van der Waals surface area contributed by atoms with E-state index in [4.69, 9.17) is 0 Å². The van der Waals surface area contributed by atoms with Crippen molar-refractivity contribution in [3.05, 3.63) is 0 Å². The van der Waals surface area contributed by atoms with Crippen molar-refractivity contribution in [1.29, 1.82) is 0 Å². The molecule has 1 saturated heterocycles. The summed E-state index contributed by atoms with van der Waals surface area (Å²) in [5.41, 5.74) is 0. The van der Waals surface area contributed by atoms with Gasteiger partial charge in [0.05, 0.1) is 0 Å². The first kappa shape index (κ1) is 10.8. The third-order valence-corrected chi connectivity index (χ3v) is 5.24. The maximum Gasteiger partial charge on any atom is 0.0201 e. The van der Waals surface area contributed by atoms with Crippen LogP contribution in [0.4, 0.5) is 0 Å². The molecule has 0 spiro atoms. The average Bonchev–Trinajstić information content (AvgIpc) is 2.18. The number of rotatable bonds is 1. The van der Waals surface area contributed by atoms with E-state index < -0.39 is 0 Å². The van der Waals surface area contributed by atoms with E-state index in [0.29, 0.717) is 0 Å². The van der Waals surface area contributed by atoms with Crippen LogP contribution in [0.25, 0.3) is 0 Å². The summed E-state index contributed by atoms with van der Waals surface area (Å²) in [6.07, 6.45) is 10.0. The van der Waals surface area contributed by atoms with Crippen molar-refractivity contribution in [3.63, 3.8) is 0 Å². The Morgan fingerprint density at radius 2 is 1.93 bits per heavy atom. The van der Waals surface area contributed by atoms with Crippen LogP contribution in [0.5, 0.6) is 0 Å². The molecule has 0 amide bonds. The van der Waals surface area contributed by atoms with Crippen LogP contribution in [0.3, 0.4) is 0 Å². The summed E-state index contributed by atoms with van der Waals surface area (Å²) in [6.45, 7) is 2.31. The summed E-state index contributed by atoms with van der Waals surface area (Å²) in [4.78, 5) is 0. The molecule has 1 aliphatic carbocycles.